The SMILES string of the molecule is N#Cc1ccc(COC(=O)c2cccnc2SC(F)F)cc1. The number of pyridine rings is 1. The number of halogens is 2. The van der Waals surface area contributed by atoms with Crippen LogP contribution in [0.3, 0.4) is 0 Å². The van der Waals surface area contributed by atoms with Crippen molar-refractivity contribution in [3.63, 3.8) is 0 Å². The highest BCUT2D eigenvalue weighted by Gasteiger charge is 2.17. The summed E-state index contributed by atoms with van der Waals surface area (Å²) in [5, 5.41) is 8.62. The topological polar surface area (TPSA) is 63.0 Å². The maximum atomic E-state index is 12.4. The van der Waals surface area contributed by atoms with Crippen LogP contribution in [0.1, 0.15) is 21.5 Å². The van der Waals surface area contributed by atoms with Gasteiger partial charge in [-0.05, 0) is 41.6 Å². The Bertz CT molecular complexity index is 699. The van der Waals surface area contributed by atoms with E-state index in [0.29, 0.717) is 11.1 Å². The summed E-state index contributed by atoms with van der Waals surface area (Å²) in [5.41, 5.74) is 1.19. The Labute approximate surface area is 129 Å². The van der Waals surface area contributed by atoms with Crippen molar-refractivity contribution >= 4 is 17.7 Å². The maximum absolute atomic E-state index is 12.4. The number of nitriles is 1. The number of aromatic nitrogens is 1. The molecule has 0 fully saturated rings. The molecule has 1 heterocycles. The second-order valence-corrected chi connectivity index (χ2v) is 5.10. The van der Waals surface area contributed by atoms with Crippen LogP contribution in [0.4, 0.5) is 8.78 Å². The smallest absolute Gasteiger partial charge is 0.341 e. The van der Waals surface area contributed by atoms with Crippen molar-refractivity contribution in [2.75, 3.05) is 0 Å². The molecule has 7 heteroatoms. The van der Waals surface area contributed by atoms with Gasteiger partial charge >= 0.3 is 5.97 Å². The highest BCUT2D eigenvalue weighted by Crippen LogP contribution is 2.26. The molecule has 1 aromatic carbocycles. The molecule has 1 aromatic heterocycles. The van der Waals surface area contributed by atoms with E-state index in [4.69, 9.17) is 10.00 Å². The van der Waals surface area contributed by atoms with Gasteiger partial charge in [-0.2, -0.15) is 14.0 Å². The van der Waals surface area contributed by atoms with E-state index in [9.17, 15) is 13.6 Å². The predicted molar refractivity (Wildman–Crippen MR) is 76.4 cm³/mol. The van der Waals surface area contributed by atoms with Crippen LogP contribution in [-0.4, -0.2) is 16.7 Å². The number of nitrogens with zero attached hydrogens (tertiary/aromatic N) is 2. The summed E-state index contributed by atoms with van der Waals surface area (Å²) >= 11 is 0.199. The van der Waals surface area contributed by atoms with Gasteiger partial charge in [0.1, 0.15) is 11.6 Å². The Kier molecular flexibility index (Phi) is 5.44. The summed E-state index contributed by atoms with van der Waals surface area (Å²) in [5.74, 6) is -3.39. The predicted octanol–water partition coefficient (Wildman–Crippen LogP) is 3.62. The third-order valence-corrected chi connectivity index (χ3v) is 3.37. The number of thioether (sulfide) groups is 1. The molecule has 0 N–H and O–H groups in total. The quantitative estimate of drug-likeness (QED) is 0.622. The molecule has 0 atom stereocenters. The lowest BCUT2D eigenvalue weighted by Gasteiger charge is -2.08. The van der Waals surface area contributed by atoms with Crippen LogP contribution >= 0.6 is 11.8 Å². The average molecular weight is 320 g/mol. The Balaban J connectivity index is 2.04. The first-order chi connectivity index (χ1) is 10.6. The van der Waals surface area contributed by atoms with Crippen LogP contribution in [0.15, 0.2) is 47.6 Å². The number of carbonyl (C=O) groups is 1. The van der Waals surface area contributed by atoms with Gasteiger partial charge in [-0.3, -0.25) is 0 Å². The van der Waals surface area contributed by atoms with E-state index < -0.39 is 11.7 Å². The average Bonchev–Trinajstić information content (AvgIpc) is 2.53. The lowest BCUT2D eigenvalue weighted by Crippen LogP contribution is -2.08. The van der Waals surface area contributed by atoms with Crippen molar-refractivity contribution in [3.8, 4) is 6.07 Å². The molecule has 0 radical (unpaired) electrons. The fourth-order valence-electron chi connectivity index (χ4n) is 1.63. The minimum atomic E-state index is -2.67. The third-order valence-electron chi connectivity index (χ3n) is 2.64. The third kappa shape index (κ3) is 4.27. The largest absolute Gasteiger partial charge is 0.457 e. The molecule has 0 amide bonds. The van der Waals surface area contributed by atoms with Crippen molar-refractivity contribution in [1.29, 1.82) is 5.26 Å². The Hall–Kier alpha value is -2.46. The van der Waals surface area contributed by atoms with E-state index in [2.05, 4.69) is 4.98 Å². The van der Waals surface area contributed by atoms with Crippen LogP contribution in [0.5, 0.6) is 0 Å². The Morgan fingerprint density at radius 2 is 2.05 bits per heavy atom. The Morgan fingerprint density at radius 1 is 1.32 bits per heavy atom. The molecule has 0 saturated heterocycles. The molecule has 0 bridgehead atoms. The monoisotopic (exact) mass is 320 g/mol. The van der Waals surface area contributed by atoms with E-state index >= 15 is 0 Å². The van der Waals surface area contributed by atoms with Gasteiger partial charge in [0.25, 0.3) is 5.76 Å². The van der Waals surface area contributed by atoms with Crippen molar-refractivity contribution in [2.45, 2.75) is 17.4 Å². The van der Waals surface area contributed by atoms with Gasteiger partial charge in [0.05, 0.1) is 17.2 Å². The molecule has 0 aliphatic heterocycles. The molecule has 2 rings (SSSR count). The van der Waals surface area contributed by atoms with Crippen LogP contribution in [0, 0.1) is 11.3 Å². The lowest BCUT2D eigenvalue weighted by atomic mass is 10.1. The van der Waals surface area contributed by atoms with Gasteiger partial charge in [0, 0.05) is 6.20 Å². The van der Waals surface area contributed by atoms with E-state index in [0.717, 1.165) is 0 Å². The van der Waals surface area contributed by atoms with E-state index in [1.165, 1.54) is 18.3 Å². The maximum Gasteiger partial charge on any atom is 0.341 e. The van der Waals surface area contributed by atoms with Gasteiger partial charge in [-0.25, -0.2) is 9.78 Å². The molecule has 0 saturated carbocycles. The van der Waals surface area contributed by atoms with E-state index in [-0.39, 0.29) is 29.0 Å². The number of carbonyl (C=O) groups excluding carboxylic acids is 1. The summed E-state index contributed by atoms with van der Waals surface area (Å²) in [4.78, 5) is 15.7. The summed E-state index contributed by atoms with van der Waals surface area (Å²) in [6.45, 7) is -0.0157. The van der Waals surface area contributed by atoms with Gasteiger partial charge in [0.15, 0.2) is 0 Å². The molecule has 0 aliphatic carbocycles. The summed E-state index contributed by atoms with van der Waals surface area (Å²) < 4.78 is 30.0. The second kappa shape index (κ2) is 7.52. The summed E-state index contributed by atoms with van der Waals surface area (Å²) in [6.07, 6.45) is 1.34. The van der Waals surface area contributed by atoms with Crippen LogP contribution in [-0.2, 0) is 11.3 Å². The van der Waals surface area contributed by atoms with Gasteiger partial charge in [-0.1, -0.05) is 12.1 Å². The van der Waals surface area contributed by atoms with Crippen LogP contribution in [0.25, 0.3) is 0 Å². The number of rotatable bonds is 5. The van der Waals surface area contributed by atoms with Gasteiger partial charge < -0.3 is 4.74 Å². The van der Waals surface area contributed by atoms with Crippen molar-refractivity contribution in [1.82, 2.24) is 4.98 Å². The highest BCUT2D eigenvalue weighted by atomic mass is 32.2. The van der Waals surface area contributed by atoms with Gasteiger partial charge in [0.2, 0.25) is 0 Å². The first-order valence-corrected chi connectivity index (χ1v) is 7.04. The molecule has 112 valence electrons. The molecule has 0 unspecified atom stereocenters. The van der Waals surface area contributed by atoms with E-state index in [1.54, 1.807) is 24.3 Å². The fourth-order valence-corrected chi connectivity index (χ4v) is 2.20. The molecule has 0 aliphatic rings. The lowest BCUT2D eigenvalue weighted by molar-refractivity contribution is 0.0467. The minimum absolute atomic E-state index is 0.00134. The van der Waals surface area contributed by atoms with Crippen LogP contribution in [0.2, 0.25) is 0 Å². The molecular formula is C15H10F2N2O2S. The highest BCUT2D eigenvalue weighted by molar-refractivity contribution is 7.99. The zero-order chi connectivity index (χ0) is 15.9. The zero-order valence-electron chi connectivity index (χ0n) is 11.2. The van der Waals surface area contributed by atoms with Crippen molar-refractivity contribution in [3.05, 3.63) is 59.3 Å². The fraction of sp³-hybridized carbons (Fsp3) is 0.133. The minimum Gasteiger partial charge on any atom is -0.457 e. The number of alkyl halides is 2. The molecule has 2 aromatic rings. The number of hydrogen-bond acceptors (Lipinski definition) is 5. The number of hydrogen-bond donors (Lipinski definition) is 0. The molecule has 0 spiro atoms. The second-order valence-electron chi connectivity index (χ2n) is 4.12. The number of ether oxygens (including phenoxy) is 1. The standard InChI is InChI=1S/C15H10F2N2O2S/c16-15(17)22-13-12(2-1-7-19-13)14(20)21-9-11-5-3-10(8-18)4-6-11/h1-7,15H,9H2. The first kappa shape index (κ1) is 15.9. The summed E-state index contributed by atoms with van der Waals surface area (Å²) in [6, 6.07) is 11.4. The number of benzene rings is 1. The van der Waals surface area contributed by atoms with E-state index in [1.807, 2.05) is 6.07 Å². The van der Waals surface area contributed by atoms with Crippen molar-refractivity contribution < 1.29 is 18.3 Å². The number of esters is 1. The normalized spacial score (nSPS) is 10.3. The first-order valence-electron chi connectivity index (χ1n) is 6.16. The zero-order valence-corrected chi connectivity index (χ0v) is 12.0. The van der Waals surface area contributed by atoms with Gasteiger partial charge in [-0.15, -0.1) is 0 Å². The molecule has 22 heavy (non-hydrogen) atoms. The molecule has 4 nitrogen and oxygen atoms in total. The molecular weight excluding hydrogens is 310 g/mol. The van der Waals surface area contributed by atoms with Crippen LogP contribution < -0.4 is 0 Å². The van der Waals surface area contributed by atoms with Crippen molar-refractivity contribution in [2.24, 2.45) is 0 Å². The summed E-state index contributed by atoms with van der Waals surface area (Å²) in [7, 11) is 0. The Morgan fingerprint density at radius 3 is 2.68 bits per heavy atom.